The van der Waals surface area contributed by atoms with E-state index in [1.807, 2.05) is 6.92 Å². The molecule has 3 rings (SSSR count). The zero-order chi connectivity index (χ0) is 9.80. The molecular weight excluding hydrogens is 164 g/mol. The molecule has 74 valence electrons. The van der Waals surface area contributed by atoms with Crippen LogP contribution in [0.3, 0.4) is 0 Å². The van der Waals surface area contributed by atoms with Crippen LogP contribution in [-0.2, 0) is 4.79 Å². The molecule has 1 N–H and O–H groups in total. The molecule has 0 heterocycles. The van der Waals surface area contributed by atoms with Gasteiger partial charge in [0.15, 0.2) is 0 Å². The lowest BCUT2D eigenvalue weighted by Gasteiger charge is -2.52. The minimum absolute atomic E-state index is 0.0741. The molecule has 0 aliphatic heterocycles. The Bertz CT molecular complexity index is 244. The number of ketones is 1. The SMILES string of the molecule is C[C@@H]1C(=O)[C@H]2CC(C)(C)[C@@H]1C[C@H]2O. The molecule has 0 aromatic heterocycles. The van der Waals surface area contributed by atoms with E-state index in [0.717, 1.165) is 12.8 Å². The van der Waals surface area contributed by atoms with Gasteiger partial charge in [0.1, 0.15) is 5.78 Å². The normalized spacial score (nSPS) is 48.2. The van der Waals surface area contributed by atoms with Crippen molar-refractivity contribution in [1.29, 1.82) is 0 Å². The van der Waals surface area contributed by atoms with Gasteiger partial charge < -0.3 is 5.11 Å². The van der Waals surface area contributed by atoms with Crippen LogP contribution in [0.1, 0.15) is 33.6 Å². The Hall–Kier alpha value is -0.370. The molecule has 3 aliphatic carbocycles. The van der Waals surface area contributed by atoms with Crippen molar-refractivity contribution >= 4 is 5.78 Å². The first-order chi connectivity index (χ1) is 5.93. The molecule has 2 heteroatoms. The number of rotatable bonds is 0. The third-order valence-electron chi connectivity index (χ3n) is 4.13. The first kappa shape index (κ1) is 9.20. The number of carbonyl (C=O) groups excluding carboxylic acids is 1. The van der Waals surface area contributed by atoms with Gasteiger partial charge in [-0.1, -0.05) is 20.8 Å². The quantitative estimate of drug-likeness (QED) is 0.618. The molecule has 0 unspecified atom stereocenters. The second-order valence-electron chi connectivity index (χ2n) is 5.40. The highest BCUT2D eigenvalue weighted by atomic mass is 16.3. The molecular formula is C11H18O2. The van der Waals surface area contributed by atoms with Gasteiger partial charge in [0.2, 0.25) is 0 Å². The summed E-state index contributed by atoms with van der Waals surface area (Å²) in [5, 5.41) is 9.70. The maximum Gasteiger partial charge on any atom is 0.141 e. The molecule has 0 aromatic rings. The Morgan fingerprint density at radius 2 is 2.08 bits per heavy atom. The van der Waals surface area contributed by atoms with Crippen molar-refractivity contribution in [2.75, 3.05) is 0 Å². The molecule has 0 saturated heterocycles. The lowest BCUT2D eigenvalue weighted by Crippen LogP contribution is -2.54. The number of aliphatic hydroxyl groups is 1. The van der Waals surface area contributed by atoms with Crippen molar-refractivity contribution in [3.05, 3.63) is 0 Å². The Labute approximate surface area is 79.3 Å². The van der Waals surface area contributed by atoms with E-state index in [-0.39, 0.29) is 23.4 Å². The van der Waals surface area contributed by atoms with E-state index >= 15 is 0 Å². The standard InChI is InChI=1S/C11H18O2/c1-6-8-4-9(12)7(10(6)13)5-11(8,2)3/h6-9,12H,4-5H2,1-3H3/t6-,7-,8+,9+/m0/s1. The maximum atomic E-state index is 11.7. The van der Waals surface area contributed by atoms with Gasteiger partial charge in [-0.05, 0) is 24.2 Å². The fourth-order valence-corrected chi connectivity index (χ4v) is 3.30. The lowest BCUT2D eigenvalue weighted by molar-refractivity contribution is -0.155. The number of carbonyl (C=O) groups is 1. The molecule has 13 heavy (non-hydrogen) atoms. The van der Waals surface area contributed by atoms with Crippen LogP contribution in [-0.4, -0.2) is 17.0 Å². The van der Waals surface area contributed by atoms with Crippen molar-refractivity contribution in [2.45, 2.75) is 39.7 Å². The summed E-state index contributed by atoms with van der Waals surface area (Å²) >= 11 is 0. The third kappa shape index (κ3) is 1.15. The highest BCUT2D eigenvalue weighted by Gasteiger charge is 2.53. The summed E-state index contributed by atoms with van der Waals surface area (Å²) in [6.07, 6.45) is 1.34. The fourth-order valence-electron chi connectivity index (χ4n) is 3.30. The van der Waals surface area contributed by atoms with E-state index in [1.54, 1.807) is 0 Å². The second kappa shape index (κ2) is 2.57. The summed E-state index contributed by atoms with van der Waals surface area (Å²) in [5.41, 5.74) is 0.247. The van der Waals surface area contributed by atoms with E-state index in [1.165, 1.54) is 0 Å². The minimum Gasteiger partial charge on any atom is -0.392 e. The summed E-state index contributed by atoms with van der Waals surface area (Å²) in [5.74, 6) is 0.773. The van der Waals surface area contributed by atoms with Crippen molar-refractivity contribution < 1.29 is 9.90 Å². The molecule has 0 amide bonds. The summed E-state index contributed by atoms with van der Waals surface area (Å²) in [7, 11) is 0. The molecule has 2 nitrogen and oxygen atoms in total. The topological polar surface area (TPSA) is 37.3 Å². The van der Waals surface area contributed by atoms with Crippen LogP contribution in [0.4, 0.5) is 0 Å². The molecule has 3 fully saturated rings. The number of fused-ring (bicyclic) bond motifs is 3. The average molecular weight is 182 g/mol. The van der Waals surface area contributed by atoms with Crippen LogP contribution in [0.25, 0.3) is 0 Å². The van der Waals surface area contributed by atoms with E-state index < -0.39 is 0 Å². The van der Waals surface area contributed by atoms with Crippen LogP contribution >= 0.6 is 0 Å². The van der Waals surface area contributed by atoms with Crippen molar-refractivity contribution in [1.82, 2.24) is 0 Å². The highest BCUT2D eigenvalue weighted by Crippen LogP contribution is 2.52. The van der Waals surface area contributed by atoms with E-state index in [0.29, 0.717) is 11.7 Å². The second-order valence-corrected chi connectivity index (χ2v) is 5.40. The van der Waals surface area contributed by atoms with Crippen molar-refractivity contribution in [3.63, 3.8) is 0 Å². The summed E-state index contributed by atoms with van der Waals surface area (Å²) in [6.45, 7) is 6.46. The van der Waals surface area contributed by atoms with E-state index in [2.05, 4.69) is 13.8 Å². The highest BCUT2D eigenvalue weighted by molar-refractivity contribution is 5.86. The molecule has 2 bridgehead atoms. The van der Waals surface area contributed by atoms with Gasteiger partial charge in [-0.15, -0.1) is 0 Å². The summed E-state index contributed by atoms with van der Waals surface area (Å²) in [6, 6.07) is 0. The number of aliphatic hydroxyl groups excluding tert-OH is 1. The van der Waals surface area contributed by atoms with Crippen LogP contribution in [0, 0.1) is 23.2 Å². The zero-order valence-corrected chi connectivity index (χ0v) is 8.58. The number of hydrogen-bond acceptors (Lipinski definition) is 2. The summed E-state index contributed by atoms with van der Waals surface area (Å²) in [4.78, 5) is 11.7. The average Bonchev–Trinajstić information content (AvgIpc) is 2.03. The smallest absolute Gasteiger partial charge is 0.141 e. The maximum absolute atomic E-state index is 11.7. The van der Waals surface area contributed by atoms with Gasteiger partial charge in [0.25, 0.3) is 0 Å². The van der Waals surface area contributed by atoms with Gasteiger partial charge in [0, 0.05) is 11.8 Å². The van der Waals surface area contributed by atoms with Gasteiger partial charge in [-0.2, -0.15) is 0 Å². The summed E-state index contributed by atoms with van der Waals surface area (Å²) < 4.78 is 0. The number of Topliss-reactive ketones (excluding diaryl/α,β-unsaturated/α-hetero) is 1. The first-order valence-electron chi connectivity index (χ1n) is 5.15. The Morgan fingerprint density at radius 1 is 1.46 bits per heavy atom. The lowest BCUT2D eigenvalue weighted by atomic mass is 9.52. The number of hydrogen-bond donors (Lipinski definition) is 1. The largest absolute Gasteiger partial charge is 0.392 e. The Morgan fingerprint density at radius 3 is 2.62 bits per heavy atom. The van der Waals surface area contributed by atoms with Gasteiger partial charge in [-0.25, -0.2) is 0 Å². The predicted octanol–water partition coefficient (Wildman–Crippen LogP) is 1.62. The van der Waals surface area contributed by atoms with Crippen LogP contribution < -0.4 is 0 Å². The van der Waals surface area contributed by atoms with Crippen LogP contribution in [0.15, 0.2) is 0 Å². The monoisotopic (exact) mass is 182 g/mol. The zero-order valence-electron chi connectivity index (χ0n) is 8.58. The fraction of sp³-hybridized carbons (Fsp3) is 0.909. The van der Waals surface area contributed by atoms with E-state index in [4.69, 9.17) is 0 Å². The molecule has 0 radical (unpaired) electrons. The van der Waals surface area contributed by atoms with Gasteiger partial charge in [-0.3, -0.25) is 4.79 Å². The van der Waals surface area contributed by atoms with Crippen LogP contribution in [0.5, 0.6) is 0 Å². The molecule has 4 atom stereocenters. The first-order valence-corrected chi connectivity index (χ1v) is 5.15. The molecule has 3 saturated carbocycles. The molecule has 0 aromatic carbocycles. The minimum atomic E-state index is -0.360. The molecule has 0 spiro atoms. The van der Waals surface area contributed by atoms with Crippen molar-refractivity contribution in [3.8, 4) is 0 Å². The third-order valence-corrected chi connectivity index (χ3v) is 4.13. The van der Waals surface area contributed by atoms with Crippen LogP contribution in [0.2, 0.25) is 0 Å². The Kier molecular flexibility index (Phi) is 1.82. The van der Waals surface area contributed by atoms with Crippen molar-refractivity contribution in [2.24, 2.45) is 23.2 Å². The van der Waals surface area contributed by atoms with E-state index in [9.17, 15) is 9.90 Å². The Balaban J connectivity index is 2.33. The molecule has 3 aliphatic rings. The van der Waals surface area contributed by atoms with Gasteiger partial charge in [0.05, 0.1) is 6.10 Å². The van der Waals surface area contributed by atoms with Gasteiger partial charge >= 0.3 is 0 Å². The predicted molar refractivity (Wildman–Crippen MR) is 50.2 cm³/mol.